The molecule has 0 radical (unpaired) electrons. The van der Waals surface area contributed by atoms with E-state index in [0.29, 0.717) is 5.75 Å². The number of aromatic carboxylic acids is 1. The van der Waals surface area contributed by atoms with E-state index in [4.69, 9.17) is 9.84 Å². The van der Waals surface area contributed by atoms with Crippen molar-refractivity contribution in [3.63, 3.8) is 0 Å². The standard InChI is InChI=1S/C12H15NO3/c1-8-11(16-10-4-2-3-5-10)6-9(7-13-8)12(14)15/h6-7,10H,2-5H2,1H3,(H,14,15). The van der Waals surface area contributed by atoms with Crippen molar-refractivity contribution in [1.29, 1.82) is 0 Å². The summed E-state index contributed by atoms with van der Waals surface area (Å²) < 4.78 is 5.77. The Bertz CT molecular complexity index is 397. The van der Waals surface area contributed by atoms with E-state index in [1.807, 2.05) is 6.92 Å². The van der Waals surface area contributed by atoms with Gasteiger partial charge < -0.3 is 9.84 Å². The molecule has 2 rings (SSSR count). The van der Waals surface area contributed by atoms with Crippen molar-refractivity contribution in [2.75, 3.05) is 0 Å². The maximum absolute atomic E-state index is 10.8. The van der Waals surface area contributed by atoms with Crippen molar-refractivity contribution in [1.82, 2.24) is 4.98 Å². The Morgan fingerprint density at radius 1 is 1.50 bits per heavy atom. The van der Waals surface area contributed by atoms with Gasteiger partial charge in [0.25, 0.3) is 0 Å². The smallest absolute Gasteiger partial charge is 0.337 e. The second kappa shape index (κ2) is 4.51. The highest BCUT2D eigenvalue weighted by atomic mass is 16.5. The summed E-state index contributed by atoms with van der Waals surface area (Å²) in [6.45, 7) is 1.83. The second-order valence-corrected chi connectivity index (χ2v) is 4.14. The summed E-state index contributed by atoms with van der Waals surface area (Å²) in [5, 5.41) is 8.87. The zero-order valence-corrected chi connectivity index (χ0v) is 9.27. The molecule has 1 N–H and O–H groups in total. The highest BCUT2D eigenvalue weighted by molar-refractivity contribution is 5.87. The first-order chi connectivity index (χ1) is 7.66. The van der Waals surface area contributed by atoms with E-state index in [-0.39, 0.29) is 11.7 Å². The Hall–Kier alpha value is -1.58. The Balaban J connectivity index is 2.17. The van der Waals surface area contributed by atoms with Crippen LogP contribution in [0.5, 0.6) is 5.75 Å². The molecule has 1 aromatic rings. The molecule has 1 fully saturated rings. The van der Waals surface area contributed by atoms with Crippen molar-refractivity contribution in [3.05, 3.63) is 23.5 Å². The van der Waals surface area contributed by atoms with Gasteiger partial charge in [-0.3, -0.25) is 4.98 Å². The Labute approximate surface area is 94.3 Å². The summed E-state index contributed by atoms with van der Waals surface area (Å²) in [5.41, 5.74) is 0.926. The zero-order valence-electron chi connectivity index (χ0n) is 9.27. The van der Waals surface area contributed by atoms with Gasteiger partial charge in [-0.25, -0.2) is 4.79 Å². The van der Waals surface area contributed by atoms with Crippen molar-refractivity contribution < 1.29 is 14.6 Å². The third-order valence-electron chi connectivity index (χ3n) is 2.88. The van der Waals surface area contributed by atoms with Gasteiger partial charge in [0.15, 0.2) is 0 Å². The lowest BCUT2D eigenvalue weighted by Gasteiger charge is -2.14. The molecule has 16 heavy (non-hydrogen) atoms. The number of carbonyl (C=O) groups is 1. The number of pyridine rings is 1. The Morgan fingerprint density at radius 3 is 2.81 bits per heavy atom. The van der Waals surface area contributed by atoms with Crippen LogP contribution in [-0.4, -0.2) is 22.2 Å². The molecule has 1 aliphatic rings. The fraction of sp³-hybridized carbons (Fsp3) is 0.500. The Kier molecular flexibility index (Phi) is 3.08. The SMILES string of the molecule is Cc1ncc(C(=O)O)cc1OC1CCCC1. The van der Waals surface area contributed by atoms with Gasteiger partial charge in [0.1, 0.15) is 5.75 Å². The number of aryl methyl sites for hydroxylation is 1. The summed E-state index contributed by atoms with van der Waals surface area (Å²) in [6.07, 6.45) is 6.07. The van der Waals surface area contributed by atoms with Gasteiger partial charge in [-0.2, -0.15) is 0 Å². The fourth-order valence-electron chi connectivity index (χ4n) is 1.93. The average molecular weight is 221 g/mol. The molecular formula is C12H15NO3. The van der Waals surface area contributed by atoms with E-state index >= 15 is 0 Å². The van der Waals surface area contributed by atoms with Crippen LogP contribution in [0.25, 0.3) is 0 Å². The minimum atomic E-state index is -0.969. The monoisotopic (exact) mass is 221 g/mol. The van der Waals surface area contributed by atoms with Gasteiger partial charge in [-0.1, -0.05) is 0 Å². The average Bonchev–Trinajstić information content (AvgIpc) is 2.73. The van der Waals surface area contributed by atoms with Crippen LogP contribution >= 0.6 is 0 Å². The summed E-state index contributed by atoms with van der Waals surface area (Å²) in [7, 11) is 0. The van der Waals surface area contributed by atoms with E-state index in [9.17, 15) is 4.79 Å². The number of ether oxygens (including phenoxy) is 1. The van der Waals surface area contributed by atoms with Gasteiger partial charge in [-0.15, -0.1) is 0 Å². The minimum Gasteiger partial charge on any atom is -0.489 e. The summed E-state index contributed by atoms with van der Waals surface area (Å²) in [5.74, 6) is -0.365. The Morgan fingerprint density at radius 2 is 2.19 bits per heavy atom. The topological polar surface area (TPSA) is 59.4 Å². The molecule has 1 saturated carbocycles. The molecule has 0 spiro atoms. The number of carboxylic acids is 1. The first-order valence-corrected chi connectivity index (χ1v) is 5.53. The third kappa shape index (κ3) is 2.32. The van der Waals surface area contributed by atoms with Gasteiger partial charge in [0.2, 0.25) is 0 Å². The van der Waals surface area contributed by atoms with Crippen LogP contribution in [0.15, 0.2) is 12.3 Å². The number of carboxylic acid groups (broad SMARTS) is 1. The molecule has 0 atom stereocenters. The number of nitrogens with zero attached hydrogens (tertiary/aromatic N) is 1. The fourth-order valence-corrected chi connectivity index (χ4v) is 1.93. The summed E-state index contributed by atoms with van der Waals surface area (Å²) in [4.78, 5) is 14.8. The molecule has 1 aliphatic carbocycles. The first-order valence-electron chi connectivity index (χ1n) is 5.53. The quantitative estimate of drug-likeness (QED) is 0.851. The molecule has 0 saturated heterocycles. The molecular weight excluding hydrogens is 206 g/mol. The van der Waals surface area contributed by atoms with Crippen molar-refractivity contribution >= 4 is 5.97 Å². The zero-order chi connectivity index (χ0) is 11.5. The van der Waals surface area contributed by atoms with Crippen LogP contribution < -0.4 is 4.74 Å². The van der Waals surface area contributed by atoms with E-state index < -0.39 is 5.97 Å². The lowest BCUT2D eigenvalue weighted by molar-refractivity contribution is 0.0695. The maximum Gasteiger partial charge on any atom is 0.337 e. The van der Waals surface area contributed by atoms with Crippen LogP contribution in [0.3, 0.4) is 0 Å². The predicted molar refractivity (Wildman–Crippen MR) is 58.8 cm³/mol. The number of hydrogen-bond donors (Lipinski definition) is 1. The molecule has 4 nitrogen and oxygen atoms in total. The maximum atomic E-state index is 10.8. The van der Waals surface area contributed by atoms with Gasteiger partial charge in [0.05, 0.1) is 17.4 Å². The molecule has 0 aliphatic heterocycles. The molecule has 86 valence electrons. The normalized spacial score (nSPS) is 16.3. The highest BCUT2D eigenvalue weighted by Gasteiger charge is 2.18. The number of hydrogen-bond acceptors (Lipinski definition) is 3. The van der Waals surface area contributed by atoms with E-state index in [0.717, 1.165) is 18.5 Å². The van der Waals surface area contributed by atoms with Crippen LogP contribution in [0.4, 0.5) is 0 Å². The predicted octanol–water partition coefficient (Wildman–Crippen LogP) is 2.41. The van der Waals surface area contributed by atoms with E-state index in [1.54, 1.807) is 6.07 Å². The van der Waals surface area contributed by atoms with Crippen LogP contribution in [0, 0.1) is 6.92 Å². The van der Waals surface area contributed by atoms with E-state index in [1.165, 1.54) is 19.0 Å². The van der Waals surface area contributed by atoms with Gasteiger partial charge in [-0.05, 0) is 38.7 Å². The first kappa shape index (κ1) is 10.9. The number of rotatable bonds is 3. The summed E-state index contributed by atoms with van der Waals surface area (Å²) in [6, 6.07) is 1.56. The number of aromatic nitrogens is 1. The molecule has 0 unspecified atom stereocenters. The van der Waals surface area contributed by atoms with Crippen LogP contribution in [0.2, 0.25) is 0 Å². The van der Waals surface area contributed by atoms with Gasteiger partial charge in [0, 0.05) is 6.20 Å². The lowest BCUT2D eigenvalue weighted by atomic mass is 10.2. The third-order valence-corrected chi connectivity index (χ3v) is 2.88. The molecule has 1 heterocycles. The molecule has 0 amide bonds. The largest absolute Gasteiger partial charge is 0.489 e. The molecule has 0 aromatic carbocycles. The van der Waals surface area contributed by atoms with Crippen LogP contribution in [-0.2, 0) is 0 Å². The van der Waals surface area contributed by atoms with Crippen molar-refractivity contribution in [3.8, 4) is 5.75 Å². The molecule has 1 aromatic heterocycles. The molecule has 0 bridgehead atoms. The molecule has 4 heteroatoms. The van der Waals surface area contributed by atoms with E-state index in [2.05, 4.69) is 4.98 Å². The van der Waals surface area contributed by atoms with Crippen molar-refractivity contribution in [2.24, 2.45) is 0 Å². The second-order valence-electron chi connectivity index (χ2n) is 4.14. The van der Waals surface area contributed by atoms with Crippen molar-refractivity contribution in [2.45, 2.75) is 38.7 Å². The highest BCUT2D eigenvalue weighted by Crippen LogP contribution is 2.26. The van der Waals surface area contributed by atoms with Crippen LogP contribution in [0.1, 0.15) is 41.7 Å². The van der Waals surface area contributed by atoms with Gasteiger partial charge >= 0.3 is 5.97 Å². The summed E-state index contributed by atoms with van der Waals surface area (Å²) >= 11 is 0. The lowest BCUT2D eigenvalue weighted by Crippen LogP contribution is -2.12. The minimum absolute atomic E-state index is 0.179.